The zero-order valence-electron chi connectivity index (χ0n) is 12.8. The number of hydrogen-bond donors (Lipinski definition) is 1. The van der Waals surface area contributed by atoms with Crippen LogP contribution in [0.15, 0.2) is 0 Å². The van der Waals surface area contributed by atoms with Gasteiger partial charge in [-0.2, -0.15) is 0 Å². The molecule has 0 radical (unpaired) electrons. The van der Waals surface area contributed by atoms with E-state index in [-0.39, 0.29) is 5.91 Å². The first kappa shape index (κ1) is 18.1. The highest BCUT2D eigenvalue weighted by molar-refractivity contribution is 5.77. The standard InChI is InChI=1S/C16H31NO2/c1-3-16(19)13-11-9-7-5-4-6-8-10-12-14-17-15(2)18/h3-14H2,1-2H3,(H,17,18). The van der Waals surface area contributed by atoms with Gasteiger partial charge in [0.15, 0.2) is 0 Å². The fraction of sp³-hybridized carbons (Fsp3) is 0.875. The number of hydrogen-bond acceptors (Lipinski definition) is 2. The highest BCUT2D eigenvalue weighted by Gasteiger charge is 1.98. The van der Waals surface area contributed by atoms with Crippen LogP contribution in [-0.4, -0.2) is 18.2 Å². The zero-order chi connectivity index (χ0) is 14.3. The Morgan fingerprint density at radius 1 is 0.789 bits per heavy atom. The van der Waals surface area contributed by atoms with Crippen LogP contribution in [0, 0.1) is 0 Å². The SMILES string of the molecule is CCC(=O)CCCCCCCCCCCNC(C)=O. The van der Waals surface area contributed by atoms with E-state index in [1.54, 1.807) is 6.92 Å². The summed E-state index contributed by atoms with van der Waals surface area (Å²) in [4.78, 5) is 21.7. The maximum atomic E-state index is 11.1. The third kappa shape index (κ3) is 15.1. The predicted octanol–water partition coefficient (Wildman–Crippen LogP) is 4.00. The molecule has 0 aliphatic carbocycles. The van der Waals surface area contributed by atoms with Crippen LogP contribution in [0.3, 0.4) is 0 Å². The Hall–Kier alpha value is -0.860. The normalized spacial score (nSPS) is 10.4. The van der Waals surface area contributed by atoms with Crippen LogP contribution < -0.4 is 5.32 Å². The van der Waals surface area contributed by atoms with Crippen LogP contribution in [0.1, 0.15) is 84.5 Å². The Kier molecular flexibility index (Phi) is 13.0. The highest BCUT2D eigenvalue weighted by Crippen LogP contribution is 2.10. The lowest BCUT2D eigenvalue weighted by Gasteiger charge is -2.03. The van der Waals surface area contributed by atoms with Crippen molar-refractivity contribution in [3.8, 4) is 0 Å². The number of amides is 1. The Morgan fingerprint density at radius 2 is 1.26 bits per heavy atom. The van der Waals surface area contributed by atoms with Gasteiger partial charge in [0.2, 0.25) is 5.91 Å². The fourth-order valence-electron chi connectivity index (χ4n) is 2.13. The molecule has 0 atom stereocenters. The highest BCUT2D eigenvalue weighted by atomic mass is 16.1. The smallest absolute Gasteiger partial charge is 0.216 e. The Labute approximate surface area is 118 Å². The van der Waals surface area contributed by atoms with Gasteiger partial charge in [0.05, 0.1) is 0 Å². The molecule has 0 aromatic rings. The average molecular weight is 269 g/mol. The van der Waals surface area contributed by atoms with Gasteiger partial charge in [-0.1, -0.05) is 51.9 Å². The number of carbonyl (C=O) groups excluding carboxylic acids is 2. The first-order valence-corrected chi connectivity index (χ1v) is 7.93. The molecule has 0 aliphatic heterocycles. The van der Waals surface area contributed by atoms with E-state index in [0.717, 1.165) is 25.8 Å². The fourth-order valence-corrected chi connectivity index (χ4v) is 2.13. The quantitative estimate of drug-likeness (QED) is 0.514. The molecule has 0 fully saturated rings. The van der Waals surface area contributed by atoms with E-state index < -0.39 is 0 Å². The minimum Gasteiger partial charge on any atom is -0.356 e. The minimum absolute atomic E-state index is 0.0709. The maximum Gasteiger partial charge on any atom is 0.216 e. The second kappa shape index (κ2) is 13.6. The lowest BCUT2D eigenvalue weighted by atomic mass is 10.0. The maximum absolute atomic E-state index is 11.1. The number of rotatable bonds is 13. The van der Waals surface area contributed by atoms with Gasteiger partial charge in [0.1, 0.15) is 5.78 Å². The average Bonchev–Trinajstić information content (AvgIpc) is 2.39. The van der Waals surface area contributed by atoms with E-state index in [2.05, 4.69) is 5.32 Å². The summed E-state index contributed by atoms with van der Waals surface area (Å²) in [5, 5.41) is 2.82. The number of carbonyl (C=O) groups is 2. The third-order valence-corrected chi connectivity index (χ3v) is 3.40. The molecule has 112 valence electrons. The van der Waals surface area contributed by atoms with Gasteiger partial charge >= 0.3 is 0 Å². The van der Waals surface area contributed by atoms with E-state index in [4.69, 9.17) is 0 Å². The predicted molar refractivity (Wildman–Crippen MR) is 80.2 cm³/mol. The summed E-state index contributed by atoms with van der Waals surface area (Å²) in [6, 6.07) is 0. The number of unbranched alkanes of at least 4 members (excludes halogenated alkanes) is 8. The number of Topliss-reactive ketones (excluding diaryl/α,β-unsaturated/α-hetero) is 1. The van der Waals surface area contributed by atoms with Gasteiger partial charge < -0.3 is 5.32 Å². The van der Waals surface area contributed by atoms with Crippen LogP contribution in [0.2, 0.25) is 0 Å². The van der Waals surface area contributed by atoms with Gasteiger partial charge in [-0.25, -0.2) is 0 Å². The van der Waals surface area contributed by atoms with Crippen molar-refractivity contribution < 1.29 is 9.59 Å². The van der Waals surface area contributed by atoms with Crippen molar-refractivity contribution in [3.05, 3.63) is 0 Å². The van der Waals surface area contributed by atoms with Gasteiger partial charge in [0, 0.05) is 26.3 Å². The monoisotopic (exact) mass is 269 g/mol. The molecular formula is C16H31NO2. The first-order chi connectivity index (χ1) is 9.16. The van der Waals surface area contributed by atoms with Crippen LogP contribution in [0.4, 0.5) is 0 Å². The van der Waals surface area contributed by atoms with Crippen molar-refractivity contribution >= 4 is 11.7 Å². The topological polar surface area (TPSA) is 46.2 Å². The molecule has 0 bridgehead atoms. The molecule has 0 saturated carbocycles. The Balaban J connectivity index is 3.03. The van der Waals surface area contributed by atoms with E-state index in [1.165, 1.54) is 44.9 Å². The second-order valence-corrected chi connectivity index (χ2v) is 5.31. The molecule has 1 N–H and O–H groups in total. The molecular weight excluding hydrogens is 238 g/mol. The van der Waals surface area contributed by atoms with Crippen LogP contribution in [0.25, 0.3) is 0 Å². The van der Waals surface area contributed by atoms with Gasteiger partial charge in [-0.15, -0.1) is 0 Å². The van der Waals surface area contributed by atoms with E-state index >= 15 is 0 Å². The van der Waals surface area contributed by atoms with Gasteiger partial charge in [0.25, 0.3) is 0 Å². The summed E-state index contributed by atoms with van der Waals surface area (Å²) in [6.07, 6.45) is 12.5. The lowest BCUT2D eigenvalue weighted by molar-refractivity contribution is -0.119. The molecule has 1 amide bonds. The summed E-state index contributed by atoms with van der Waals surface area (Å²) in [5.74, 6) is 0.473. The molecule has 0 aromatic heterocycles. The third-order valence-electron chi connectivity index (χ3n) is 3.40. The zero-order valence-corrected chi connectivity index (χ0v) is 12.8. The molecule has 0 spiro atoms. The van der Waals surface area contributed by atoms with E-state index in [1.807, 2.05) is 6.92 Å². The first-order valence-electron chi connectivity index (χ1n) is 7.93. The van der Waals surface area contributed by atoms with Crippen molar-refractivity contribution in [3.63, 3.8) is 0 Å². The van der Waals surface area contributed by atoms with Crippen LogP contribution in [0.5, 0.6) is 0 Å². The molecule has 0 saturated heterocycles. The molecule has 0 aromatic carbocycles. The summed E-state index contributed by atoms with van der Waals surface area (Å²) in [7, 11) is 0. The van der Waals surface area contributed by atoms with Crippen molar-refractivity contribution in [2.75, 3.05) is 6.54 Å². The molecule has 0 rings (SSSR count). The van der Waals surface area contributed by atoms with Crippen molar-refractivity contribution in [1.29, 1.82) is 0 Å². The summed E-state index contributed by atoms with van der Waals surface area (Å²) in [6.45, 7) is 4.32. The second-order valence-electron chi connectivity index (χ2n) is 5.31. The summed E-state index contributed by atoms with van der Waals surface area (Å²) >= 11 is 0. The van der Waals surface area contributed by atoms with Crippen LogP contribution >= 0.6 is 0 Å². The number of ketones is 1. The van der Waals surface area contributed by atoms with Crippen molar-refractivity contribution in [1.82, 2.24) is 5.32 Å². The van der Waals surface area contributed by atoms with Crippen molar-refractivity contribution in [2.45, 2.75) is 84.5 Å². The molecule has 0 aliphatic rings. The Morgan fingerprint density at radius 3 is 1.74 bits per heavy atom. The van der Waals surface area contributed by atoms with E-state index in [9.17, 15) is 9.59 Å². The lowest BCUT2D eigenvalue weighted by Crippen LogP contribution is -2.20. The minimum atomic E-state index is 0.0709. The van der Waals surface area contributed by atoms with Gasteiger partial charge in [-0.05, 0) is 12.8 Å². The largest absolute Gasteiger partial charge is 0.356 e. The molecule has 3 nitrogen and oxygen atoms in total. The number of nitrogens with one attached hydrogen (secondary N) is 1. The van der Waals surface area contributed by atoms with Gasteiger partial charge in [-0.3, -0.25) is 9.59 Å². The molecule has 3 heteroatoms. The van der Waals surface area contributed by atoms with Crippen molar-refractivity contribution in [2.24, 2.45) is 0 Å². The van der Waals surface area contributed by atoms with Crippen LogP contribution in [-0.2, 0) is 9.59 Å². The summed E-state index contributed by atoms with van der Waals surface area (Å²) in [5.41, 5.74) is 0. The Bertz CT molecular complexity index is 239. The molecule has 0 unspecified atom stereocenters. The molecule has 0 heterocycles. The summed E-state index contributed by atoms with van der Waals surface area (Å²) < 4.78 is 0. The molecule has 19 heavy (non-hydrogen) atoms. The van der Waals surface area contributed by atoms with E-state index in [0.29, 0.717) is 12.2 Å².